The van der Waals surface area contributed by atoms with E-state index in [1.165, 1.54) is 17.4 Å². The summed E-state index contributed by atoms with van der Waals surface area (Å²) in [5.41, 5.74) is 0.938. The highest BCUT2D eigenvalue weighted by Gasteiger charge is 2.18. The second-order valence-corrected chi connectivity index (χ2v) is 6.44. The Hall–Kier alpha value is -1.15. The van der Waals surface area contributed by atoms with E-state index < -0.39 is 10.0 Å². The first-order valence-electron chi connectivity index (χ1n) is 5.92. The number of furan rings is 1. The van der Waals surface area contributed by atoms with Crippen LogP contribution in [0.2, 0.25) is 0 Å². The number of nitrogens with one attached hydrogen (secondary N) is 2. The molecular formula is C12H16N2O3S2. The Bertz CT molecular complexity index is 603. The number of hydrogen-bond donors (Lipinski definition) is 2. The zero-order chi connectivity index (χ0) is 13.7. The minimum Gasteiger partial charge on any atom is -0.447 e. The third-order valence-corrected chi connectivity index (χ3v) is 4.50. The van der Waals surface area contributed by atoms with E-state index in [1.807, 2.05) is 23.8 Å². The predicted molar refractivity (Wildman–Crippen MR) is 74.4 cm³/mol. The Balaban J connectivity index is 2.00. The molecule has 19 heavy (non-hydrogen) atoms. The van der Waals surface area contributed by atoms with Crippen LogP contribution in [-0.4, -0.2) is 15.0 Å². The Morgan fingerprint density at radius 2 is 2.11 bits per heavy atom. The van der Waals surface area contributed by atoms with Crippen LogP contribution in [0.3, 0.4) is 0 Å². The van der Waals surface area contributed by atoms with Gasteiger partial charge >= 0.3 is 0 Å². The maximum Gasteiger partial charge on any atom is 0.274 e. The normalized spacial score (nSPS) is 11.8. The Morgan fingerprint density at radius 3 is 2.79 bits per heavy atom. The Morgan fingerprint density at radius 1 is 1.26 bits per heavy atom. The summed E-state index contributed by atoms with van der Waals surface area (Å²) >= 11 is 1.53. The lowest BCUT2D eigenvalue weighted by atomic mass is 10.4. The minimum atomic E-state index is -3.58. The molecule has 0 aliphatic carbocycles. The summed E-state index contributed by atoms with van der Waals surface area (Å²) in [6.45, 7) is 3.58. The average Bonchev–Trinajstić information content (AvgIpc) is 3.05. The summed E-state index contributed by atoms with van der Waals surface area (Å²) in [6.07, 6.45) is 0. The summed E-state index contributed by atoms with van der Waals surface area (Å²) in [5, 5.41) is 6.84. The second kappa shape index (κ2) is 6.33. The van der Waals surface area contributed by atoms with Crippen molar-refractivity contribution in [1.29, 1.82) is 0 Å². The van der Waals surface area contributed by atoms with Crippen LogP contribution in [0.5, 0.6) is 0 Å². The third kappa shape index (κ3) is 3.90. The molecule has 0 bridgehead atoms. The van der Waals surface area contributed by atoms with E-state index in [9.17, 15) is 8.42 Å². The molecular weight excluding hydrogens is 284 g/mol. The van der Waals surface area contributed by atoms with Gasteiger partial charge < -0.3 is 9.73 Å². The van der Waals surface area contributed by atoms with Crippen LogP contribution < -0.4 is 10.0 Å². The van der Waals surface area contributed by atoms with Crippen molar-refractivity contribution in [2.45, 2.75) is 25.1 Å². The summed E-state index contributed by atoms with van der Waals surface area (Å²) in [4.78, 5) is 0. The molecule has 2 aromatic heterocycles. The molecule has 2 heterocycles. The van der Waals surface area contributed by atoms with Gasteiger partial charge in [0, 0.05) is 6.54 Å². The second-order valence-electron chi connectivity index (χ2n) is 3.96. The fraction of sp³-hybridized carbons (Fsp3) is 0.333. The molecule has 2 rings (SSSR count). The maximum absolute atomic E-state index is 12.0. The summed E-state index contributed by atoms with van der Waals surface area (Å²) in [5.74, 6) is 0.609. The van der Waals surface area contributed by atoms with Crippen LogP contribution in [0.1, 0.15) is 18.2 Å². The SMILES string of the molecule is CCNCc1ccc(S(=O)(=O)NCc2ccsc2)o1. The van der Waals surface area contributed by atoms with Gasteiger partial charge in [0.15, 0.2) is 0 Å². The van der Waals surface area contributed by atoms with Gasteiger partial charge in [-0.15, -0.1) is 0 Å². The van der Waals surface area contributed by atoms with Crippen LogP contribution in [0.15, 0.2) is 38.5 Å². The lowest BCUT2D eigenvalue weighted by Crippen LogP contribution is -2.22. The van der Waals surface area contributed by atoms with E-state index >= 15 is 0 Å². The third-order valence-electron chi connectivity index (χ3n) is 2.50. The smallest absolute Gasteiger partial charge is 0.274 e. The van der Waals surface area contributed by atoms with Gasteiger partial charge in [0.25, 0.3) is 10.0 Å². The zero-order valence-electron chi connectivity index (χ0n) is 10.5. The van der Waals surface area contributed by atoms with Crippen molar-refractivity contribution < 1.29 is 12.8 Å². The van der Waals surface area contributed by atoms with Crippen molar-refractivity contribution in [1.82, 2.24) is 10.0 Å². The molecule has 0 aliphatic rings. The Labute approximate surface area is 116 Å². The molecule has 0 radical (unpaired) electrons. The number of rotatable bonds is 7. The van der Waals surface area contributed by atoms with Crippen LogP contribution in [0.4, 0.5) is 0 Å². The number of sulfonamides is 1. The first kappa shape index (κ1) is 14.3. The highest BCUT2D eigenvalue weighted by Crippen LogP contribution is 2.14. The zero-order valence-corrected chi connectivity index (χ0v) is 12.2. The first-order chi connectivity index (χ1) is 9.12. The van der Waals surface area contributed by atoms with Crippen molar-refractivity contribution in [2.75, 3.05) is 6.54 Å². The van der Waals surface area contributed by atoms with Gasteiger partial charge in [-0.3, -0.25) is 0 Å². The molecule has 0 amide bonds. The van der Waals surface area contributed by atoms with E-state index in [1.54, 1.807) is 6.07 Å². The maximum atomic E-state index is 12.0. The lowest BCUT2D eigenvalue weighted by Gasteiger charge is -2.02. The van der Waals surface area contributed by atoms with Gasteiger partial charge in [-0.05, 0) is 41.1 Å². The van der Waals surface area contributed by atoms with Gasteiger partial charge in [0.2, 0.25) is 5.09 Å². The van der Waals surface area contributed by atoms with Crippen molar-refractivity contribution in [3.05, 3.63) is 40.3 Å². The van der Waals surface area contributed by atoms with E-state index in [4.69, 9.17) is 4.42 Å². The summed E-state index contributed by atoms with van der Waals surface area (Å²) < 4.78 is 31.8. The van der Waals surface area contributed by atoms with E-state index in [0.717, 1.165) is 12.1 Å². The van der Waals surface area contributed by atoms with Gasteiger partial charge in [-0.25, -0.2) is 13.1 Å². The fourth-order valence-electron chi connectivity index (χ4n) is 1.49. The van der Waals surface area contributed by atoms with E-state index in [0.29, 0.717) is 12.3 Å². The molecule has 7 heteroatoms. The van der Waals surface area contributed by atoms with Crippen molar-refractivity contribution in [2.24, 2.45) is 0 Å². The summed E-state index contributed by atoms with van der Waals surface area (Å²) in [7, 11) is -3.58. The molecule has 5 nitrogen and oxygen atoms in total. The molecule has 0 saturated carbocycles. The topological polar surface area (TPSA) is 71.3 Å². The van der Waals surface area contributed by atoms with Crippen LogP contribution >= 0.6 is 11.3 Å². The van der Waals surface area contributed by atoms with Gasteiger partial charge in [-0.1, -0.05) is 6.92 Å². The molecule has 0 fully saturated rings. The van der Waals surface area contributed by atoms with Crippen LogP contribution in [0.25, 0.3) is 0 Å². The molecule has 104 valence electrons. The monoisotopic (exact) mass is 300 g/mol. The largest absolute Gasteiger partial charge is 0.447 e. The Kier molecular flexibility index (Phi) is 4.76. The van der Waals surface area contributed by atoms with E-state index in [2.05, 4.69) is 10.0 Å². The minimum absolute atomic E-state index is 0.0457. The highest BCUT2D eigenvalue weighted by atomic mass is 32.2. The van der Waals surface area contributed by atoms with Crippen molar-refractivity contribution in [3.8, 4) is 0 Å². The van der Waals surface area contributed by atoms with Gasteiger partial charge in [-0.2, -0.15) is 11.3 Å². The van der Waals surface area contributed by atoms with Crippen LogP contribution in [0, 0.1) is 0 Å². The van der Waals surface area contributed by atoms with Crippen molar-refractivity contribution >= 4 is 21.4 Å². The quantitative estimate of drug-likeness (QED) is 0.819. The highest BCUT2D eigenvalue weighted by molar-refractivity contribution is 7.89. The summed E-state index contributed by atoms with van der Waals surface area (Å²) in [6, 6.07) is 5.02. The molecule has 2 N–H and O–H groups in total. The lowest BCUT2D eigenvalue weighted by molar-refractivity contribution is 0.401. The fourth-order valence-corrected chi connectivity index (χ4v) is 3.12. The molecule has 0 aliphatic heterocycles. The first-order valence-corrected chi connectivity index (χ1v) is 8.34. The standard InChI is InChI=1S/C12H16N2O3S2/c1-2-13-8-11-3-4-12(17-11)19(15,16)14-7-10-5-6-18-9-10/h3-6,9,13-14H,2,7-8H2,1H3. The van der Waals surface area contributed by atoms with Crippen molar-refractivity contribution in [3.63, 3.8) is 0 Å². The molecule has 0 unspecified atom stereocenters. The molecule has 0 atom stereocenters. The van der Waals surface area contributed by atoms with E-state index in [-0.39, 0.29) is 11.6 Å². The number of hydrogen-bond acceptors (Lipinski definition) is 5. The molecule has 2 aromatic rings. The average molecular weight is 300 g/mol. The molecule has 0 spiro atoms. The van der Waals surface area contributed by atoms with Gasteiger partial charge in [0.05, 0.1) is 6.54 Å². The molecule has 0 aromatic carbocycles. The predicted octanol–water partition coefficient (Wildman–Crippen LogP) is 1.93. The van der Waals surface area contributed by atoms with Crippen LogP contribution in [-0.2, 0) is 23.1 Å². The van der Waals surface area contributed by atoms with Gasteiger partial charge in [0.1, 0.15) is 5.76 Å². The number of thiophene rings is 1. The molecule has 0 saturated heterocycles.